The normalized spacial score (nSPS) is 18.2. The Hall–Kier alpha value is -3.04. The molecule has 0 bridgehead atoms. The van der Waals surface area contributed by atoms with Crippen molar-refractivity contribution in [2.45, 2.75) is 32.4 Å². The molecule has 5 heterocycles. The quantitative estimate of drug-likeness (QED) is 0.657. The van der Waals surface area contributed by atoms with Crippen LogP contribution in [0, 0.1) is 0 Å². The highest BCUT2D eigenvalue weighted by atomic mass is 32.1. The van der Waals surface area contributed by atoms with Crippen molar-refractivity contribution in [3.63, 3.8) is 0 Å². The van der Waals surface area contributed by atoms with Gasteiger partial charge in [-0.1, -0.05) is 0 Å². The number of hydrogen-bond acceptors (Lipinski definition) is 6. The van der Waals surface area contributed by atoms with Gasteiger partial charge < -0.3 is 10.2 Å². The van der Waals surface area contributed by atoms with Crippen LogP contribution < -0.4 is 5.32 Å². The van der Waals surface area contributed by atoms with E-state index in [4.69, 9.17) is 0 Å². The molecule has 31 heavy (non-hydrogen) atoms. The highest BCUT2D eigenvalue weighted by Gasteiger charge is 2.25. The van der Waals surface area contributed by atoms with Crippen LogP contribution in [0.25, 0.3) is 11.3 Å². The molecule has 2 aliphatic heterocycles. The first kappa shape index (κ1) is 19.9. The fourth-order valence-electron chi connectivity index (χ4n) is 4.22. The SMILES string of the molecule is O=C(N/C=C1\CCCN(Cc2nccs2)C1)N1CCc2[nH]nc(-c3ccncc3)c2C1. The molecule has 9 heteroatoms. The predicted molar refractivity (Wildman–Crippen MR) is 119 cm³/mol. The Morgan fingerprint density at radius 3 is 2.94 bits per heavy atom. The van der Waals surface area contributed by atoms with E-state index in [0.717, 1.165) is 66.4 Å². The molecule has 0 saturated carbocycles. The van der Waals surface area contributed by atoms with Crippen molar-refractivity contribution in [2.24, 2.45) is 0 Å². The second-order valence-corrected chi connectivity index (χ2v) is 8.91. The summed E-state index contributed by atoms with van der Waals surface area (Å²) in [5, 5.41) is 13.8. The zero-order valence-electron chi connectivity index (χ0n) is 17.3. The maximum absolute atomic E-state index is 12.9. The largest absolute Gasteiger partial charge is 0.321 e. The van der Waals surface area contributed by atoms with Crippen molar-refractivity contribution in [3.8, 4) is 11.3 Å². The molecule has 8 nitrogen and oxygen atoms in total. The van der Waals surface area contributed by atoms with Crippen molar-refractivity contribution in [3.05, 3.63) is 64.1 Å². The fraction of sp³-hybridized carbons (Fsp3) is 0.364. The molecule has 5 rings (SSSR count). The lowest BCUT2D eigenvalue weighted by Crippen LogP contribution is -2.41. The van der Waals surface area contributed by atoms with E-state index in [-0.39, 0.29) is 6.03 Å². The zero-order chi connectivity index (χ0) is 21.0. The van der Waals surface area contributed by atoms with Gasteiger partial charge in [-0.3, -0.25) is 15.0 Å². The Balaban J connectivity index is 1.21. The Labute approximate surface area is 185 Å². The van der Waals surface area contributed by atoms with Crippen LogP contribution >= 0.6 is 11.3 Å². The number of piperidine rings is 1. The zero-order valence-corrected chi connectivity index (χ0v) is 18.1. The number of nitrogens with one attached hydrogen (secondary N) is 2. The van der Waals surface area contributed by atoms with E-state index in [9.17, 15) is 4.79 Å². The molecule has 0 radical (unpaired) electrons. The van der Waals surface area contributed by atoms with E-state index < -0.39 is 0 Å². The summed E-state index contributed by atoms with van der Waals surface area (Å²) in [6.07, 6.45) is 10.2. The van der Waals surface area contributed by atoms with Gasteiger partial charge in [-0.25, -0.2) is 9.78 Å². The van der Waals surface area contributed by atoms with Crippen molar-refractivity contribution >= 4 is 17.4 Å². The van der Waals surface area contributed by atoms with Crippen molar-refractivity contribution in [1.82, 2.24) is 35.3 Å². The van der Waals surface area contributed by atoms with Crippen LogP contribution in [0.4, 0.5) is 4.79 Å². The molecule has 0 aromatic carbocycles. The number of rotatable bonds is 4. The lowest BCUT2D eigenvalue weighted by Gasteiger charge is -2.29. The third-order valence-electron chi connectivity index (χ3n) is 5.82. The van der Waals surface area contributed by atoms with E-state index in [1.54, 1.807) is 23.7 Å². The van der Waals surface area contributed by atoms with Gasteiger partial charge in [0.15, 0.2) is 0 Å². The topological polar surface area (TPSA) is 90.0 Å². The van der Waals surface area contributed by atoms with Crippen LogP contribution in [0.2, 0.25) is 0 Å². The first-order valence-electron chi connectivity index (χ1n) is 10.6. The third kappa shape index (κ3) is 4.52. The minimum atomic E-state index is -0.0583. The number of likely N-dealkylation sites (tertiary alicyclic amines) is 1. The van der Waals surface area contributed by atoms with Crippen LogP contribution in [0.5, 0.6) is 0 Å². The van der Waals surface area contributed by atoms with Gasteiger partial charge in [0.25, 0.3) is 0 Å². The summed E-state index contributed by atoms with van der Waals surface area (Å²) in [7, 11) is 0. The second kappa shape index (κ2) is 8.99. The minimum absolute atomic E-state index is 0.0583. The molecule has 160 valence electrons. The summed E-state index contributed by atoms with van der Waals surface area (Å²) >= 11 is 1.69. The average Bonchev–Trinajstić information content (AvgIpc) is 3.48. The molecule has 0 unspecified atom stereocenters. The molecule has 0 atom stereocenters. The molecule has 1 fully saturated rings. The van der Waals surface area contributed by atoms with Crippen molar-refractivity contribution in [2.75, 3.05) is 19.6 Å². The van der Waals surface area contributed by atoms with Gasteiger partial charge in [0.1, 0.15) is 5.01 Å². The molecular weight excluding hydrogens is 410 g/mol. The molecule has 0 spiro atoms. The van der Waals surface area contributed by atoms with E-state index >= 15 is 0 Å². The maximum atomic E-state index is 12.9. The minimum Gasteiger partial charge on any atom is -0.320 e. The number of carbonyl (C=O) groups excluding carboxylic acids is 1. The molecule has 2 aliphatic rings. The van der Waals surface area contributed by atoms with Crippen LogP contribution in [0.15, 0.2) is 47.9 Å². The molecule has 2 N–H and O–H groups in total. The number of pyridine rings is 1. The van der Waals surface area contributed by atoms with E-state index in [1.807, 2.05) is 34.8 Å². The number of thiazole rings is 1. The third-order valence-corrected chi connectivity index (χ3v) is 6.58. The molecule has 2 amide bonds. The molecule has 3 aromatic heterocycles. The number of H-pyrrole nitrogens is 1. The Bertz CT molecular complexity index is 1060. The molecular formula is C22H25N7OS. The van der Waals surface area contributed by atoms with Gasteiger partial charge in [-0.05, 0) is 37.1 Å². The molecule has 1 saturated heterocycles. The smallest absolute Gasteiger partial charge is 0.320 e. The van der Waals surface area contributed by atoms with Crippen LogP contribution in [-0.2, 0) is 19.5 Å². The fourth-order valence-corrected chi connectivity index (χ4v) is 4.88. The summed E-state index contributed by atoms with van der Waals surface area (Å²) in [5.41, 5.74) is 5.37. The highest BCUT2D eigenvalue weighted by molar-refractivity contribution is 7.09. The number of amides is 2. The number of carbonyl (C=O) groups is 1. The van der Waals surface area contributed by atoms with Crippen LogP contribution in [-0.4, -0.2) is 55.6 Å². The molecule has 0 aliphatic carbocycles. The predicted octanol–water partition coefficient (Wildman–Crippen LogP) is 3.18. The highest BCUT2D eigenvalue weighted by Crippen LogP contribution is 2.28. The standard InChI is InChI=1S/C22H25N7OS/c30-22(25-12-16-2-1-9-28(13-16)15-20-24-8-11-31-20)29-10-5-19-18(14-29)21(27-26-19)17-3-6-23-7-4-17/h3-4,6-8,11-12H,1-2,5,9-10,13-15H2,(H,25,30)(H,26,27)/b16-12+. The van der Waals surface area contributed by atoms with Gasteiger partial charge >= 0.3 is 6.03 Å². The lowest BCUT2D eigenvalue weighted by molar-refractivity contribution is 0.195. The van der Waals surface area contributed by atoms with Gasteiger partial charge in [-0.15, -0.1) is 11.3 Å². The molecule has 3 aromatic rings. The number of hydrogen-bond donors (Lipinski definition) is 2. The number of fused-ring (bicyclic) bond motifs is 1. The average molecular weight is 436 g/mol. The van der Waals surface area contributed by atoms with Crippen LogP contribution in [0.1, 0.15) is 29.1 Å². The van der Waals surface area contributed by atoms with Gasteiger partial charge in [0.2, 0.25) is 0 Å². The number of aromatic amines is 1. The number of nitrogens with zero attached hydrogens (tertiary/aromatic N) is 5. The Morgan fingerprint density at radius 2 is 2.10 bits per heavy atom. The summed E-state index contributed by atoms with van der Waals surface area (Å²) in [6.45, 7) is 4.04. The van der Waals surface area contributed by atoms with Crippen molar-refractivity contribution in [1.29, 1.82) is 0 Å². The first-order chi connectivity index (χ1) is 15.3. The van der Waals surface area contributed by atoms with Crippen molar-refractivity contribution < 1.29 is 4.79 Å². The summed E-state index contributed by atoms with van der Waals surface area (Å²) in [4.78, 5) is 25.6. The summed E-state index contributed by atoms with van der Waals surface area (Å²) in [6, 6.07) is 3.83. The van der Waals surface area contributed by atoms with E-state index in [2.05, 4.69) is 30.4 Å². The Kier molecular flexibility index (Phi) is 5.77. The Morgan fingerprint density at radius 1 is 1.19 bits per heavy atom. The van der Waals surface area contributed by atoms with Gasteiger partial charge in [0, 0.05) is 66.5 Å². The lowest BCUT2D eigenvalue weighted by atomic mass is 10.0. The summed E-state index contributed by atoms with van der Waals surface area (Å²) in [5.74, 6) is 0. The van der Waals surface area contributed by atoms with Gasteiger partial charge in [-0.2, -0.15) is 5.10 Å². The monoisotopic (exact) mass is 435 g/mol. The van der Waals surface area contributed by atoms with Crippen LogP contribution in [0.3, 0.4) is 0 Å². The maximum Gasteiger partial charge on any atom is 0.321 e. The van der Waals surface area contributed by atoms with E-state index in [1.165, 1.54) is 5.57 Å². The second-order valence-electron chi connectivity index (χ2n) is 7.93. The summed E-state index contributed by atoms with van der Waals surface area (Å²) < 4.78 is 0. The number of urea groups is 1. The van der Waals surface area contributed by atoms with Gasteiger partial charge in [0.05, 0.1) is 18.8 Å². The first-order valence-corrected chi connectivity index (χ1v) is 11.4. The number of aromatic nitrogens is 4. The van der Waals surface area contributed by atoms with E-state index in [0.29, 0.717) is 13.1 Å².